The molecular formula is C13H11N5O2. The lowest BCUT2D eigenvalue weighted by molar-refractivity contribution is 0.698. The fourth-order valence-electron chi connectivity index (χ4n) is 1.96. The Balaban J connectivity index is 2.38. The second kappa shape index (κ2) is 4.37. The van der Waals surface area contributed by atoms with E-state index in [1.165, 1.54) is 18.7 Å². The Morgan fingerprint density at radius 1 is 0.950 bits per heavy atom. The molecule has 0 aliphatic heterocycles. The van der Waals surface area contributed by atoms with Gasteiger partial charge in [0.05, 0.1) is 0 Å². The van der Waals surface area contributed by atoms with Gasteiger partial charge < -0.3 is 0 Å². The summed E-state index contributed by atoms with van der Waals surface area (Å²) in [4.78, 5) is 28.1. The van der Waals surface area contributed by atoms with Crippen molar-refractivity contribution in [2.45, 2.75) is 0 Å². The van der Waals surface area contributed by atoms with E-state index in [0.717, 1.165) is 10.1 Å². The van der Waals surface area contributed by atoms with Crippen LogP contribution in [0.25, 0.3) is 22.6 Å². The molecule has 0 unspecified atom stereocenters. The van der Waals surface area contributed by atoms with Gasteiger partial charge in [-0.05, 0) is 0 Å². The Labute approximate surface area is 113 Å². The maximum absolute atomic E-state index is 12.1. The van der Waals surface area contributed by atoms with E-state index in [1.54, 1.807) is 0 Å². The summed E-state index contributed by atoms with van der Waals surface area (Å²) in [6.45, 7) is 0. The first-order valence-corrected chi connectivity index (χ1v) is 5.95. The van der Waals surface area contributed by atoms with Gasteiger partial charge in [-0.15, -0.1) is 10.2 Å². The Morgan fingerprint density at radius 3 is 2.35 bits per heavy atom. The molecule has 2 heterocycles. The average molecular weight is 269 g/mol. The van der Waals surface area contributed by atoms with Crippen molar-refractivity contribution >= 4 is 11.2 Å². The summed E-state index contributed by atoms with van der Waals surface area (Å²) in [5.74, 6) is 0.355. The lowest BCUT2D eigenvalue weighted by Crippen LogP contribution is -2.38. The molecule has 0 atom stereocenters. The minimum atomic E-state index is -0.477. The van der Waals surface area contributed by atoms with Gasteiger partial charge in [0, 0.05) is 19.7 Å². The van der Waals surface area contributed by atoms with Crippen molar-refractivity contribution in [1.29, 1.82) is 0 Å². The van der Waals surface area contributed by atoms with E-state index in [9.17, 15) is 9.59 Å². The number of fused-ring (bicyclic) bond motifs is 1. The smallest absolute Gasteiger partial charge is 0.278 e. The fourth-order valence-corrected chi connectivity index (χ4v) is 1.96. The Bertz CT molecular complexity index is 912. The van der Waals surface area contributed by atoms with Crippen LogP contribution in [0.3, 0.4) is 0 Å². The van der Waals surface area contributed by atoms with Gasteiger partial charge in [-0.1, -0.05) is 30.3 Å². The van der Waals surface area contributed by atoms with Gasteiger partial charge in [-0.3, -0.25) is 13.9 Å². The number of nitrogens with zero attached hydrogens (tertiary/aromatic N) is 5. The van der Waals surface area contributed by atoms with E-state index in [-0.39, 0.29) is 11.2 Å². The molecule has 3 rings (SSSR count). The van der Waals surface area contributed by atoms with Crippen LogP contribution in [0.1, 0.15) is 0 Å². The van der Waals surface area contributed by atoms with Gasteiger partial charge in [0.1, 0.15) is 0 Å². The van der Waals surface area contributed by atoms with Crippen molar-refractivity contribution in [2.24, 2.45) is 14.1 Å². The third-order valence-electron chi connectivity index (χ3n) is 3.10. The molecule has 0 aliphatic carbocycles. The molecule has 20 heavy (non-hydrogen) atoms. The van der Waals surface area contributed by atoms with E-state index in [0.29, 0.717) is 5.82 Å². The van der Waals surface area contributed by atoms with Crippen LogP contribution in [0.5, 0.6) is 0 Å². The van der Waals surface area contributed by atoms with Crippen LogP contribution in [-0.4, -0.2) is 24.3 Å². The van der Waals surface area contributed by atoms with Crippen molar-refractivity contribution < 1.29 is 0 Å². The lowest BCUT2D eigenvalue weighted by Gasteiger charge is -2.06. The summed E-state index contributed by atoms with van der Waals surface area (Å²) >= 11 is 0. The minimum Gasteiger partial charge on any atom is -0.278 e. The third-order valence-corrected chi connectivity index (χ3v) is 3.10. The number of aryl methyl sites for hydroxylation is 1. The fraction of sp³-hybridized carbons (Fsp3) is 0.154. The molecule has 0 radical (unpaired) electrons. The van der Waals surface area contributed by atoms with Gasteiger partial charge in [0.25, 0.3) is 5.56 Å². The molecule has 0 amide bonds. The monoisotopic (exact) mass is 269 g/mol. The molecule has 1 aromatic carbocycles. The summed E-state index contributed by atoms with van der Waals surface area (Å²) in [5.41, 5.74) is 0.139. The molecule has 7 heteroatoms. The minimum absolute atomic E-state index is 0.128. The third kappa shape index (κ3) is 1.71. The van der Waals surface area contributed by atoms with E-state index in [1.807, 2.05) is 30.3 Å². The maximum atomic E-state index is 12.1. The molecule has 100 valence electrons. The molecule has 0 saturated carbocycles. The van der Waals surface area contributed by atoms with Crippen LogP contribution in [0.15, 0.2) is 39.9 Å². The number of hydrogen-bond donors (Lipinski definition) is 0. The first-order valence-electron chi connectivity index (χ1n) is 5.95. The van der Waals surface area contributed by atoms with Gasteiger partial charge in [-0.25, -0.2) is 9.78 Å². The number of hydrogen-bond acceptors (Lipinski definition) is 5. The van der Waals surface area contributed by atoms with Gasteiger partial charge >= 0.3 is 5.69 Å². The highest BCUT2D eigenvalue weighted by Gasteiger charge is 2.13. The molecule has 0 saturated heterocycles. The molecular weight excluding hydrogens is 258 g/mol. The van der Waals surface area contributed by atoms with Crippen LogP contribution in [0.4, 0.5) is 0 Å². The number of benzene rings is 1. The molecule has 0 spiro atoms. The normalized spacial score (nSPS) is 10.9. The Hall–Kier alpha value is -2.83. The molecule has 0 aliphatic rings. The zero-order valence-electron chi connectivity index (χ0n) is 10.9. The van der Waals surface area contributed by atoms with Crippen molar-refractivity contribution in [2.75, 3.05) is 0 Å². The van der Waals surface area contributed by atoms with E-state index in [2.05, 4.69) is 15.2 Å². The molecule has 7 nitrogen and oxygen atoms in total. The zero-order chi connectivity index (χ0) is 14.3. The van der Waals surface area contributed by atoms with Crippen LogP contribution >= 0.6 is 0 Å². The van der Waals surface area contributed by atoms with Crippen LogP contribution < -0.4 is 11.2 Å². The summed E-state index contributed by atoms with van der Waals surface area (Å²) in [6, 6.07) is 9.23. The number of rotatable bonds is 1. The lowest BCUT2D eigenvalue weighted by atomic mass is 10.2. The molecule has 0 N–H and O–H groups in total. The van der Waals surface area contributed by atoms with Gasteiger partial charge in [-0.2, -0.15) is 0 Å². The maximum Gasteiger partial charge on any atom is 0.332 e. The van der Waals surface area contributed by atoms with Crippen LogP contribution in [0, 0.1) is 0 Å². The summed E-state index contributed by atoms with van der Waals surface area (Å²) in [6.07, 6.45) is 0. The second-order valence-corrected chi connectivity index (χ2v) is 4.38. The predicted octanol–water partition coefficient (Wildman–Crippen LogP) is 0.0892. The van der Waals surface area contributed by atoms with Crippen molar-refractivity contribution in [3.63, 3.8) is 0 Å². The highest BCUT2D eigenvalue weighted by atomic mass is 16.2. The van der Waals surface area contributed by atoms with Crippen LogP contribution in [-0.2, 0) is 14.1 Å². The van der Waals surface area contributed by atoms with Crippen molar-refractivity contribution in [3.8, 4) is 11.4 Å². The largest absolute Gasteiger partial charge is 0.332 e. The predicted molar refractivity (Wildman–Crippen MR) is 73.3 cm³/mol. The van der Waals surface area contributed by atoms with E-state index in [4.69, 9.17) is 0 Å². The number of aromatic nitrogens is 5. The quantitative estimate of drug-likeness (QED) is 0.625. The standard InChI is InChI=1S/C13H11N5O2/c1-17-11-9(12(19)18(2)13(17)20)14-10(15-16-11)8-6-4-3-5-7-8/h3-7H,1-2H3. The van der Waals surface area contributed by atoms with Crippen LogP contribution in [0.2, 0.25) is 0 Å². The van der Waals surface area contributed by atoms with Gasteiger partial charge in [0.15, 0.2) is 17.0 Å². The Morgan fingerprint density at radius 2 is 1.65 bits per heavy atom. The average Bonchev–Trinajstić information content (AvgIpc) is 2.51. The topological polar surface area (TPSA) is 82.7 Å². The SMILES string of the molecule is Cn1c(=O)c2nc(-c3ccccc3)nnc2n(C)c1=O. The highest BCUT2D eigenvalue weighted by Crippen LogP contribution is 2.13. The summed E-state index contributed by atoms with van der Waals surface area (Å²) in [7, 11) is 2.94. The summed E-state index contributed by atoms with van der Waals surface area (Å²) < 4.78 is 2.26. The van der Waals surface area contributed by atoms with Crippen molar-refractivity contribution in [1.82, 2.24) is 24.3 Å². The molecule has 0 bridgehead atoms. The first kappa shape index (κ1) is 12.2. The molecule has 2 aromatic heterocycles. The molecule has 0 fully saturated rings. The zero-order valence-corrected chi connectivity index (χ0v) is 10.9. The highest BCUT2D eigenvalue weighted by molar-refractivity contribution is 5.70. The summed E-state index contributed by atoms with van der Waals surface area (Å²) in [5, 5.41) is 7.94. The van der Waals surface area contributed by atoms with E-state index >= 15 is 0 Å². The first-order chi connectivity index (χ1) is 9.59. The second-order valence-electron chi connectivity index (χ2n) is 4.38. The van der Waals surface area contributed by atoms with Crippen molar-refractivity contribution in [3.05, 3.63) is 51.2 Å². The van der Waals surface area contributed by atoms with E-state index < -0.39 is 11.2 Å². The van der Waals surface area contributed by atoms with Gasteiger partial charge in [0.2, 0.25) is 0 Å². The Kier molecular flexibility index (Phi) is 2.67. The molecule has 3 aromatic rings.